The molecule has 148 valence electrons. The molecular weight excluding hydrogens is 364 g/mol. The molecule has 1 aliphatic carbocycles. The number of aromatic amines is 1. The van der Waals surface area contributed by atoms with Crippen LogP contribution in [0.25, 0.3) is 11.3 Å². The minimum atomic E-state index is 0.0138. The van der Waals surface area contributed by atoms with Crippen LogP contribution < -0.4 is 5.73 Å². The van der Waals surface area contributed by atoms with Crippen LogP contribution in [-0.2, 0) is 25.9 Å². The molecule has 7 nitrogen and oxygen atoms in total. The number of hydrogen-bond donors (Lipinski definition) is 2. The summed E-state index contributed by atoms with van der Waals surface area (Å²) in [7, 11) is 0. The van der Waals surface area contributed by atoms with Crippen molar-refractivity contribution >= 4 is 11.7 Å². The molecule has 29 heavy (non-hydrogen) atoms. The van der Waals surface area contributed by atoms with Gasteiger partial charge in [0.15, 0.2) is 0 Å². The summed E-state index contributed by atoms with van der Waals surface area (Å²) in [5.41, 5.74) is 13.4. The zero-order valence-electron chi connectivity index (χ0n) is 16.9. The molecule has 0 bridgehead atoms. The van der Waals surface area contributed by atoms with Crippen LogP contribution >= 0.6 is 0 Å². The number of benzene rings is 1. The van der Waals surface area contributed by atoms with Gasteiger partial charge < -0.3 is 10.6 Å². The predicted octanol–water partition coefficient (Wildman–Crippen LogP) is 3.04. The van der Waals surface area contributed by atoms with Gasteiger partial charge in [-0.25, -0.2) is 9.97 Å². The van der Waals surface area contributed by atoms with E-state index >= 15 is 0 Å². The van der Waals surface area contributed by atoms with Gasteiger partial charge in [-0.2, -0.15) is 5.10 Å². The van der Waals surface area contributed by atoms with Gasteiger partial charge in [-0.05, 0) is 42.9 Å². The van der Waals surface area contributed by atoms with Crippen molar-refractivity contribution in [1.29, 1.82) is 0 Å². The van der Waals surface area contributed by atoms with E-state index in [1.165, 1.54) is 11.3 Å². The van der Waals surface area contributed by atoms with E-state index in [1.807, 2.05) is 12.1 Å². The van der Waals surface area contributed by atoms with Crippen molar-refractivity contribution < 1.29 is 4.79 Å². The normalized spacial score (nSPS) is 16.9. The summed E-state index contributed by atoms with van der Waals surface area (Å²) in [5.74, 6) is 1.07. The second-order valence-electron chi connectivity index (χ2n) is 8.91. The monoisotopic (exact) mass is 388 g/mol. The molecule has 0 saturated heterocycles. The smallest absolute Gasteiger partial charge is 0.254 e. The second-order valence-corrected chi connectivity index (χ2v) is 8.91. The highest BCUT2D eigenvalue weighted by Crippen LogP contribution is 2.40. The van der Waals surface area contributed by atoms with Gasteiger partial charge in [-0.1, -0.05) is 19.9 Å². The van der Waals surface area contributed by atoms with Gasteiger partial charge in [0.1, 0.15) is 11.6 Å². The van der Waals surface area contributed by atoms with Crippen LogP contribution in [0.3, 0.4) is 0 Å². The van der Waals surface area contributed by atoms with Crippen LogP contribution in [0.1, 0.15) is 52.4 Å². The first-order valence-corrected chi connectivity index (χ1v) is 9.87. The second kappa shape index (κ2) is 6.14. The predicted molar refractivity (Wildman–Crippen MR) is 110 cm³/mol. The number of carbonyl (C=O) groups is 1. The number of hydrogen-bond acceptors (Lipinski definition) is 5. The molecule has 0 radical (unpaired) electrons. The lowest BCUT2D eigenvalue weighted by Gasteiger charge is -2.16. The van der Waals surface area contributed by atoms with E-state index in [4.69, 9.17) is 5.73 Å². The summed E-state index contributed by atoms with van der Waals surface area (Å²) >= 11 is 0. The molecule has 0 fully saturated rings. The van der Waals surface area contributed by atoms with Crippen LogP contribution in [0.5, 0.6) is 0 Å². The molecule has 0 unspecified atom stereocenters. The van der Waals surface area contributed by atoms with Crippen LogP contribution in [0, 0.1) is 12.3 Å². The molecule has 3 aromatic rings. The molecule has 5 rings (SSSR count). The molecule has 1 aliphatic heterocycles. The van der Waals surface area contributed by atoms with Crippen LogP contribution in [0.4, 0.5) is 5.82 Å². The van der Waals surface area contributed by atoms with Gasteiger partial charge >= 0.3 is 0 Å². The van der Waals surface area contributed by atoms with Crippen molar-refractivity contribution in [3.63, 3.8) is 0 Å². The fraction of sp³-hybridized carbons (Fsp3) is 0.364. The lowest BCUT2D eigenvalue weighted by molar-refractivity contribution is 0.0767. The molecule has 1 aromatic carbocycles. The molecule has 2 aromatic heterocycles. The number of amides is 1. The van der Waals surface area contributed by atoms with Gasteiger partial charge in [-0.3, -0.25) is 9.89 Å². The summed E-state index contributed by atoms with van der Waals surface area (Å²) in [4.78, 5) is 23.1. The number of nitrogens with two attached hydrogens (primary N) is 1. The third-order valence-corrected chi connectivity index (χ3v) is 5.90. The standard InChI is InChI=1S/C22H24N6O/c1-12-24-9-15(20(23)25-12)11-28-10-14-6-13(4-5-16(14)21(28)29)19-17-7-22(2,3)8-18(17)26-27-19/h4-6,9H,7-8,10-11H2,1-3H3,(H,26,27)(H2,23,24,25). The Balaban J connectivity index is 1.42. The molecule has 0 atom stereocenters. The summed E-state index contributed by atoms with van der Waals surface area (Å²) in [6, 6.07) is 6.03. The lowest BCUT2D eigenvalue weighted by Crippen LogP contribution is -2.24. The van der Waals surface area contributed by atoms with E-state index in [9.17, 15) is 4.79 Å². The van der Waals surface area contributed by atoms with Gasteiger partial charge in [0.05, 0.1) is 12.2 Å². The maximum Gasteiger partial charge on any atom is 0.254 e. The zero-order valence-corrected chi connectivity index (χ0v) is 16.9. The first-order valence-electron chi connectivity index (χ1n) is 9.87. The summed E-state index contributed by atoms with van der Waals surface area (Å²) < 4.78 is 0. The van der Waals surface area contributed by atoms with Crippen LogP contribution in [0.15, 0.2) is 24.4 Å². The maximum atomic E-state index is 12.9. The molecule has 7 heteroatoms. The third-order valence-electron chi connectivity index (χ3n) is 5.90. The Hall–Kier alpha value is -3.22. The van der Waals surface area contributed by atoms with E-state index in [1.54, 1.807) is 18.0 Å². The topological polar surface area (TPSA) is 101 Å². The molecule has 0 saturated carbocycles. The number of anilines is 1. The van der Waals surface area contributed by atoms with E-state index < -0.39 is 0 Å². The Bertz CT molecular complexity index is 1150. The Kier molecular flexibility index (Phi) is 3.78. The molecule has 3 N–H and O–H groups in total. The third kappa shape index (κ3) is 2.97. The number of nitrogens with one attached hydrogen (secondary N) is 1. The fourth-order valence-corrected chi connectivity index (χ4v) is 4.49. The van der Waals surface area contributed by atoms with E-state index in [0.29, 0.717) is 24.7 Å². The van der Waals surface area contributed by atoms with Crippen molar-refractivity contribution in [3.8, 4) is 11.3 Å². The first kappa shape index (κ1) is 17.8. The largest absolute Gasteiger partial charge is 0.383 e. The quantitative estimate of drug-likeness (QED) is 0.718. The Labute approximate surface area is 169 Å². The Morgan fingerprint density at radius 3 is 2.90 bits per heavy atom. The summed E-state index contributed by atoms with van der Waals surface area (Å²) in [6.07, 6.45) is 3.74. The van der Waals surface area contributed by atoms with E-state index in [2.05, 4.69) is 40.1 Å². The zero-order chi connectivity index (χ0) is 20.3. The highest BCUT2D eigenvalue weighted by atomic mass is 16.2. The first-order chi connectivity index (χ1) is 13.8. The molecule has 1 amide bonds. The van der Waals surface area contributed by atoms with Crippen molar-refractivity contribution in [2.24, 2.45) is 5.41 Å². The lowest BCUT2D eigenvalue weighted by atomic mass is 9.90. The van der Waals surface area contributed by atoms with E-state index in [0.717, 1.165) is 40.8 Å². The number of H-pyrrole nitrogens is 1. The SMILES string of the molecule is Cc1ncc(CN2Cc3cc(-c4n[nH]c5c4CC(C)(C)C5)ccc3C2=O)c(N)n1. The average molecular weight is 388 g/mol. The van der Waals surface area contributed by atoms with Gasteiger partial charge in [0.2, 0.25) is 0 Å². The number of nitrogens with zero attached hydrogens (tertiary/aromatic N) is 4. The highest BCUT2D eigenvalue weighted by Gasteiger charge is 2.34. The Morgan fingerprint density at radius 1 is 1.28 bits per heavy atom. The number of fused-ring (bicyclic) bond motifs is 2. The maximum absolute atomic E-state index is 12.9. The highest BCUT2D eigenvalue weighted by molar-refractivity contribution is 5.99. The van der Waals surface area contributed by atoms with Crippen molar-refractivity contribution in [2.75, 3.05) is 5.73 Å². The number of carbonyl (C=O) groups excluding carboxylic acids is 1. The average Bonchev–Trinajstić information content (AvgIpc) is 3.27. The minimum Gasteiger partial charge on any atom is -0.383 e. The van der Waals surface area contributed by atoms with Crippen LogP contribution in [0.2, 0.25) is 0 Å². The van der Waals surface area contributed by atoms with Crippen molar-refractivity contribution in [2.45, 2.75) is 46.7 Å². The van der Waals surface area contributed by atoms with Crippen molar-refractivity contribution in [1.82, 2.24) is 25.1 Å². The molecule has 2 aliphatic rings. The van der Waals surface area contributed by atoms with Crippen molar-refractivity contribution in [3.05, 3.63) is 58.2 Å². The number of nitrogen functional groups attached to an aromatic ring is 1. The van der Waals surface area contributed by atoms with E-state index in [-0.39, 0.29) is 11.3 Å². The van der Waals surface area contributed by atoms with Gasteiger partial charge in [0.25, 0.3) is 5.91 Å². The van der Waals surface area contributed by atoms with Gasteiger partial charge in [0, 0.05) is 40.7 Å². The van der Waals surface area contributed by atoms with Gasteiger partial charge in [-0.15, -0.1) is 0 Å². The number of rotatable bonds is 3. The molecule has 0 spiro atoms. The minimum absolute atomic E-state index is 0.0138. The number of aryl methyl sites for hydroxylation is 1. The summed E-state index contributed by atoms with van der Waals surface area (Å²) in [5, 5.41) is 7.78. The fourth-order valence-electron chi connectivity index (χ4n) is 4.49. The summed E-state index contributed by atoms with van der Waals surface area (Å²) in [6.45, 7) is 7.31. The number of aromatic nitrogens is 4. The molecule has 3 heterocycles. The Morgan fingerprint density at radius 2 is 2.10 bits per heavy atom. The molecular formula is C22H24N6O. The van der Waals surface area contributed by atoms with Crippen LogP contribution in [-0.4, -0.2) is 31.0 Å².